The van der Waals surface area contributed by atoms with E-state index in [-0.39, 0.29) is 0 Å². The first kappa shape index (κ1) is 16.6. The molecule has 0 spiro atoms. The molecule has 1 aromatic carbocycles. The largest absolute Gasteiger partial charge is 0.497 e. The molecule has 1 saturated heterocycles. The highest BCUT2D eigenvalue weighted by atomic mass is 16.5. The minimum Gasteiger partial charge on any atom is -0.497 e. The summed E-state index contributed by atoms with van der Waals surface area (Å²) in [6.07, 6.45) is 8.18. The van der Waals surface area contributed by atoms with Crippen molar-refractivity contribution >= 4 is 0 Å². The summed E-state index contributed by atoms with van der Waals surface area (Å²) in [6.45, 7) is 3.45. The molecule has 0 amide bonds. The molecule has 2 aromatic rings. The van der Waals surface area contributed by atoms with Crippen LogP contribution in [0.3, 0.4) is 0 Å². The highest BCUT2D eigenvalue weighted by Crippen LogP contribution is 2.31. The minimum absolute atomic E-state index is 0.371. The summed E-state index contributed by atoms with van der Waals surface area (Å²) >= 11 is 0. The van der Waals surface area contributed by atoms with Crippen molar-refractivity contribution in [2.24, 2.45) is 5.92 Å². The standard InChI is InChI=1S/C20H27N3O2/c1-24-18-9-5-8-16(12-18)19-21-20(25-22-19)17-10-11-23(14-17)13-15-6-3-2-4-7-15/h5,8-9,12,15,17H,2-4,6-7,10-11,13-14H2,1H3/t17-/m1/s1. The summed E-state index contributed by atoms with van der Waals surface area (Å²) in [7, 11) is 1.67. The maximum atomic E-state index is 5.59. The fraction of sp³-hybridized carbons (Fsp3) is 0.600. The number of rotatable bonds is 5. The second kappa shape index (κ2) is 7.56. The third-order valence-electron chi connectivity index (χ3n) is 5.63. The molecule has 25 heavy (non-hydrogen) atoms. The SMILES string of the molecule is COc1cccc(-c2noc([C@@H]3CCN(CC4CCCCC4)C3)n2)c1. The Bertz CT molecular complexity index is 694. The average molecular weight is 341 g/mol. The van der Waals surface area contributed by atoms with Crippen LogP contribution in [0.1, 0.15) is 50.3 Å². The van der Waals surface area contributed by atoms with E-state index in [1.807, 2.05) is 24.3 Å². The molecule has 1 atom stereocenters. The predicted octanol–water partition coefficient (Wildman–Crippen LogP) is 4.11. The van der Waals surface area contributed by atoms with Crippen molar-refractivity contribution in [2.45, 2.75) is 44.4 Å². The normalized spacial score (nSPS) is 22.4. The summed E-state index contributed by atoms with van der Waals surface area (Å²) in [6, 6.07) is 7.80. The van der Waals surface area contributed by atoms with Gasteiger partial charge in [-0.1, -0.05) is 36.6 Å². The first-order chi connectivity index (χ1) is 12.3. The van der Waals surface area contributed by atoms with Gasteiger partial charge in [-0.3, -0.25) is 0 Å². The van der Waals surface area contributed by atoms with Crippen LogP contribution in [0.15, 0.2) is 28.8 Å². The summed E-state index contributed by atoms with van der Waals surface area (Å²) < 4.78 is 10.9. The molecule has 1 saturated carbocycles. The Hall–Kier alpha value is -1.88. The van der Waals surface area contributed by atoms with E-state index in [1.54, 1.807) is 7.11 Å². The number of ether oxygens (including phenoxy) is 1. The van der Waals surface area contributed by atoms with Crippen LogP contribution in [0.4, 0.5) is 0 Å². The summed E-state index contributed by atoms with van der Waals surface area (Å²) in [5, 5.41) is 4.19. The van der Waals surface area contributed by atoms with Crippen molar-refractivity contribution in [2.75, 3.05) is 26.7 Å². The van der Waals surface area contributed by atoms with Crippen molar-refractivity contribution < 1.29 is 9.26 Å². The smallest absolute Gasteiger partial charge is 0.231 e. The number of aromatic nitrogens is 2. The van der Waals surface area contributed by atoms with Gasteiger partial charge in [0, 0.05) is 18.7 Å². The molecule has 1 aliphatic heterocycles. The van der Waals surface area contributed by atoms with E-state index in [1.165, 1.54) is 38.6 Å². The van der Waals surface area contributed by atoms with Crippen LogP contribution in [0, 0.1) is 5.92 Å². The van der Waals surface area contributed by atoms with Crippen LogP contribution < -0.4 is 4.74 Å². The summed E-state index contributed by atoms with van der Waals surface area (Å²) in [4.78, 5) is 7.25. The van der Waals surface area contributed by atoms with Crippen LogP contribution in [-0.4, -0.2) is 41.8 Å². The molecule has 0 unspecified atom stereocenters. The molecular weight excluding hydrogens is 314 g/mol. The Kier molecular flexibility index (Phi) is 5.02. The van der Waals surface area contributed by atoms with Crippen LogP contribution in [0.5, 0.6) is 5.75 Å². The van der Waals surface area contributed by atoms with Gasteiger partial charge >= 0.3 is 0 Å². The number of methoxy groups -OCH3 is 1. The van der Waals surface area contributed by atoms with Crippen molar-refractivity contribution in [3.63, 3.8) is 0 Å². The van der Waals surface area contributed by atoms with Crippen LogP contribution >= 0.6 is 0 Å². The molecule has 0 bridgehead atoms. The molecule has 134 valence electrons. The van der Waals surface area contributed by atoms with E-state index in [0.717, 1.165) is 42.6 Å². The number of benzene rings is 1. The first-order valence-electron chi connectivity index (χ1n) is 9.52. The van der Waals surface area contributed by atoms with Gasteiger partial charge < -0.3 is 14.2 Å². The first-order valence-corrected chi connectivity index (χ1v) is 9.52. The quantitative estimate of drug-likeness (QED) is 0.819. The van der Waals surface area contributed by atoms with Crippen LogP contribution in [0.2, 0.25) is 0 Å². The molecule has 4 rings (SSSR count). The van der Waals surface area contributed by atoms with Gasteiger partial charge in [0.2, 0.25) is 11.7 Å². The van der Waals surface area contributed by atoms with Gasteiger partial charge in [0.15, 0.2) is 0 Å². The topological polar surface area (TPSA) is 51.4 Å². The third kappa shape index (κ3) is 3.87. The predicted molar refractivity (Wildman–Crippen MR) is 96.7 cm³/mol. The highest BCUT2D eigenvalue weighted by molar-refractivity contribution is 5.56. The molecule has 5 heteroatoms. The van der Waals surface area contributed by atoms with Gasteiger partial charge in [0.1, 0.15) is 5.75 Å². The maximum absolute atomic E-state index is 5.59. The van der Waals surface area contributed by atoms with Gasteiger partial charge in [-0.15, -0.1) is 0 Å². The average Bonchev–Trinajstić information content (AvgIpc) is 3.32. The Morgan fingerprint density at radius 2 is 2.08 bits per heavy atom. The second-order valence-corrected chi connectivity index (χ2v) is 7.44. The van der Waals surface area contributed by atoms with Crippen molar-refractivity contribution in [1.29, 1.82) is 0 Å². The van der Waals surface area contributed by atoms with Gasteiger partial charge in [-0.25, -0.2) is 0 Å². The van der Waals surface area contributed by atoms with E-state index in [0.29, 0.717) is 11.7 Å². The molecule has 1 aliphatic carbocycles. The minimum atomic E-state index is 0.371. The van der Waals surface area contributed by atoms with Gasteiger partial charge in [-0.05, 0) is 43.9 Å². The second-order valence-electron chi connectivity index (χ2n) is 7.44. The monoisotopic (exact) mass is 341 g/mol. The van der Waals surface area contributed by atoms with Gasteiger partial charge in [-0.2, -0.15) is 4.98 Å². The third-order valence-corrected chi connectivity index (χ3v) is 5.63. The lowest BCUT2D eigenvalue weighted by Crippen LogP contribution is -2.28. The lowest BCUT2D eigenvalue weighted by molar-refractivity contribution is 0.229. The van der Waals surface area contributed by atoms with E-state index in [4.69, 9.17) is 9.26 Å². The molecule has 0 radical (unpaired) electrons. The lowest BCUT2D eigenvalue weighted by Gasteiger charge is -2.26. The Morgan fingerprint density at radius 1 is 1.20 bits per heavy atom. The Balaban J connectivity index is 1.39. The lowest BCUT2D eigenvalue weighted by atomic mass is 9.89. The van der Waals surface area contributed by atoms with Crippen molar-refractivity contribution in [3.05, 3.63) is 30.2 Å². The highest BCUT2D eigenvalue weighted by Gasteiger charge is 2.30. The number of likely N-dealkylation sites (tertiary alicyclic amines) is 1. The summed E-state index contributed by atoms with van der Waals surface area (Å²) in [5.74, 6) is 3.50. The van der Waals surface area contributed by atoms with Crippen molar-refractivity contribution in [3.8, 4) is 17.1 Å². The molecule has 5 nitrogen and oxygen atoms in total. The molecule has 1 aromatic heterocycles. The van der Waals surface area contributed by atoms with E-state index >= 15 is 0 Å². The number of hydrogen-bond donors (Lipinski definition) is 0. The van der Waals surface area contributed by atoms with E-state index < -0.39 is 0 Å². The van der Waals surface area contributed by atoms with Crippen LogP contribution in [-0.2, 0) is 0 Å². The molecule has 2 aliphatic rings. The Labute approximate surface area is 149 Å². The molecule has 2 heterocycles. The van der Waals surface area contributed by atoms with E-state index in [9.17, 15) is 0 Å². The zero-order valence-electron chi connectivity index (χ0n) is 15.0. The zero-order chi connectivity index (χ0) is 17.1. The number of nitrogens with zero attached hydrogens (tertiary/aromatic N) is 3. The number of hydrogen-bond acceptors (Lipinski definition) is 5. The fourth-order valence-electron chi connectivity index (χ4n) is 4.22. The maximum Gasteiger partial charge on any atom is 0.231 e. The fourth-order valence-corrected chi connectivity index (χ4v) is 4.22. The van der Waals surface area contributed by atoms with E-state index in [2.05, 4.69) is 15.0 Å². The molecular formula is C20H27N3O2. The molecule has 0 N–H and O–H groups in total. The van der Waals surface area contributed by atoms with Gasteiger partial charge in [0.25, 0.3) is 0 Å². The Morgan fingerprint density at radius 3 is 2.92 bits per heavy atom. The molecule has 2 fully saturated rings. The zero-order valence-corrected chi connectivity index (χ0v) is 15.0. The van der Waals surface area contributed by atoms with Crippen LogP contribution in [0.25, 0.3) is 11.4 Å². The van der Waals surface area contributed by atoms with Crippen molar-refractivity contribution in [1.82, 2.24) is 15.0 Å². The summed E-state index contributed by atoms with van der Waals surface area (Å²) in [5.41, 5.74) is 0.936. The van der Waals surface area contributed by atoms with Gasteiger partial charge in [0.05, 0.1) is 13.0 Å².